The van der Waals surface area contributed by atoms with Crippen LogP contribution in [0.5, 0.6) is 0 Å². The molecular weight excluding hydrogens is 264 g/mol. The van der Waals surface area contributed by atoms with Crippen LogP contribution in [-0.4, -0.2) is 42.8 Å². The van der Waals surface area contributed by atoms with Crippen LogP contribution in [0.3, 0.4) is 0 Å². The molecule has 0 fully saturated rings. The summed E-state index contributed by atoms with van der Waals surface area (Å²) in [5.41, 5.74) is -0.423. The van der Waals surface area contributed by atoms with Crippen molar-refractivity contribution in [2.75, 3.05) is 20.1 Å². The summed E-state index contributed by atoms with van der Waals surface area (Å²) in [6.45, 7) is 14.1. The fraction of sp³-hybridized carbons (Fsp3) is 0.941. The van der Waals surface area contributed by atoms with E-state index in [1.165, 1.54) is 12.8 Å². The van der Waals surface area contributed by atoms with Gasteiger partial charge in [-0.25, -0.2) is 4.79 Å². The highest BCUT2D eigenvalue weighted by molar-refractivity contribution is 5.67. The minimum atomic E-state index is -0.423. The molecule has 0 aromatic heterocycles. The molecule has 0 rings (SSSR count). The zero-order valence-corrected chi connectivity index (χ0v) is 15.2. The number of hydrogen-bond donors (Lipinski definition) is 1. The van der Waals surface area contributed by atoms with Gasteiger partial charge in [-0.05, 0) is 52.5 Å². The van der Waals surface area contributed by atoms with E-state index in [2.05, 4.69) is 26.1 Å². The third-order valence-electron chi connectivity index (χ3n) is 3.69. The Morgan fingerprint density at radius 3 is 2.33 bits per heavy atom. The van der Waals surface area contributed by atoms with Gasteiger partial charge in [0.25, 0.3) is 0 Å². The Morgan fingerprint density at radius 2 is 1.86 bits per heavy atom. The van der Waals surface area contributed by atoms with E-state index in [-0.39, 0.29) is 6.09 Å². The van der Waals surface area contributed by atoms with Gasteiger partial charge in [-0.2, -0.15) is 0 Å². The first-order chi connectivity index (χ1) is 9.69. The quantitative estimate of drug-likeness (QED) is 0.653. The predicted molar refractivity (Wildman–Crippen MR) is 89.6 cm³/mol. The van der Waals surface area contributed by atoms with Gasteiger partial charge in [-0.15, -0.1) is 0 Å². The molecule has 0 spiro atoms. The van der Waals surface area contributed by atoms with E-state index in [4.69, 9.17) is 4.74 Å². The van der Waals surface area contributed by atoms with Crippen LogP contribution in [0, 0.1) is 5.92 Å². The second-order valence-electron chi connectivity index (χ2n) is 7.06. The van der Waals surface area contributed by atoms with E-state index in [1.807, 2.05) is 20.8 Å². The van der Waals surface area contributed by atoms with E-state index in [1.54, 1.807) is 11.9 Å². The summed E-state index contributed by atoms with van der Waals surface area (Å²) in [5.74, 6) is 0.770. The Kier molecular flexibility index (Phi) is 9.67. The van der Waals surface area contributed by atoms with Crippen molar-refractivity contribution in [3.05, 3.63) is 0 Å². The van der Waals surface area contributed by atoms with Crippen LogP contribution >= 0.6 is 0 Å². The molecule has 2 atom stereocenters. The molecule has 2 unspecified atom stereocenters. The highest BCUT2D eigenvalue weighted by atomic mass is 16.6. The Hall–Kier alpha value is -0.770. The van der Waals surface area contributed by atoms with Gasteiger partial charge in [-0.1, -0.05) is 27.2 Å². The van der Waals surface area contributed by atoms with E-state index in [0.29, 0.717) is 6.04 Å². The van der Waals surface area contributed by atoms with Gasteiger partial charge < -0.3 is 15.0 Å². The lowest BCUT2D eigenvalue weighted by atomic mass is 9.98. The first-order valence-electron chi connectivity index (χ1n) is 8.37. The third kappa shape index (κ3) is 10.6. The first-order valence-corrected chi connectivity index (χ1v) is 8.37. The SMILES string of the molecule is CCC(C)CC(CC)NCCCN(C)C(=O)OC(C)(C)C. The summed E-state index contributed by atoms with van der Waals surface area (Å²) >= 11 is 0. The van der Waals surface area contributed by atoms with Gasteiger partial charge in [0.1, 0.15) is 5.60 Å². The molecule has 0 aromatic carbocycles. The summed E-state index contributed by atoms with van der Waals surface area (Å²) < 4.78 is 5.33. The second kappa shape index (κ2) is 10.0. The molecule has 1 amide bonds. The van der Waals surface area contributed by atoms with E-state index in [9.17, 15) is 4.79 Å². The maximum atomic E-state index is 11.8. The Bertz CT molecular complexity index is 287. The van der Waals surface area contributed by atoms with Crippen molar-refractivity contribution < 1.29 is 9.53 Å². The van der Waals surface area contributed by atoms with Gasteiger partial charge in [0.15, 0.2) is 0 Å². The number of hydrogen-bond acceptors (Lipinski definition) is 3. The number of nitrogens with zero attached hydrogens (tertiary/aromatic N) is 1. The molecule has 0 aliphatic rings. The molecule has 4 nitrogen and oxygen atoms in total. The minimum absolute atomic E-state index is 0.242. The van der Waals surface area contributed by atoms with E-state index >= 15 is 0 Å². The van der Waals surface area contributed by atoms with Gasteiger partial charge in [0.2, 0.25) is 0 Å². The smallest absolute Gasteiger partial charge is 0.410 e. The van der Waals surface area contributed by atoms with E-state index < -0.39 is 5.60 Å². The van der Waals surface area contributed by atoms with Crippen molar-refractivity contribution in [3.63, 3.8) is 0 Å². The van der Waals surface area contributed by atoms with Gasteiger partial charge in [-0.3, -0.25) is 0 Å². The molecule has 0 heterocycles. The van der Waals surface area contributed by atoms with Gasteiger partial charge >= 0.3 is 6.09 Å². The Balaban J connectivity index is 3.89. The molecule has 1 N–H and O–H groups in total. The van der Waals surface area contributed by atoms with Crippen molar-refractivity contribution in [1.29, 1.82) is 0 Å². The number of ether oxygens (including phenoxy) is 1. The maximum absolute atomic E-state index is 11.8. The summed E-state index contributed by atoms with van der Waals surface area (Å²) in [6.07, 6.45) is 4.34. The van der Waals surface area contributed by atoms with Crippen LogP contribution in [0.15, 0.2) is 0 Å². The van der Waals surface area contributed by atoms with Crippen molar-refractivity contribution >= 4 is 6.09 Å². The van der Waals surface area contributed by atoms with Crippen molar-refractivity contribution in [2.45, 2.75) is 78.9 Å². The lowest BCUT2D eigenvalue weighted by molar-refractivity contribution is 0.0297. The number of carbonyl (C=O) groups is 1. The Morgan fingerprint density at radius 1 is 1.24 bits per heavy atom. The highest BCUT2D eigenvalue weighted by Gasteiger charge is 2.19. The monoisotopic (exact) mass is 300 g/mol. The molecule has 4 heteroatoms. The summed E-state index contributed by atoms with van der Waals surface area (Å²) in [7, 11) is 1.80. The average Bonchev–Trinajstić information content (AvgIpc) is 2.39. The lowest BCUT2D eigenvalue weighted by Crippen LogP contribution is -2.37. The number of rotatable bonds is 9. The number of nitrogens with one attached hydrogen (secondary N) is 1. The van der Waals surface area contributed by atoms with Crippen LogP contribution in [0.1, 0.15) is 67.2 Å². The maximum Gasteiger partial charge on any atom is 0.410 e. The fourth-order valence-electron chi connectivity index (χ4n) is 2.10. The molecule has 0 saturated carbocycles. The topological polar surface area (TPSA) is 41.6 Å². The highest BCUT2D eigenvalue weighted by Crippen LogP contribution is 2.12. The second-order valence-corrected chi connectivity index (χ2v) is 7.06. The molecule has 126 valence electrons. The molecular formula is C17H36N2O2. The lowest BCUT2D eigenvalue weighted by Gasteiger charge is -2.25. The van der Waals surface area contributed by atoms with Crippen LogP contribution in [0.2, 0.25) is 0 Å². The zero-order chi connectivity index (χ0) is 16.5. The molecule has 0 aliphatic carbocycles. The standard InChI is InChI=1S/C17H36N2O2/c1-8-14(3)13-15(9-2)18-11-10-12-19(7)16(20)21-17(4,5)6/h14-15,18H,8-13H2,1-7H3. The third-order valence-corrected chi connectivity index (χ3v) is 3.69. The molecule has 0 saturated heterocycles. The molecule has 21 heavy (non-hydrogen) atoms. The first kappa shape index (κ1) is 20.2. The average molecular weight is 300 g/mol. The summed E-state index contributed by atoms with van der Waals surface area (Å²) in [4.78, 5) is 13.5. The fourth-order valence-corrected chi connectivity index (χ4v) is 2.10. The van der Waals surface area contributed by atoms with Crippen LogP contribution < -0.4 is 5.32 Å². The van der Waals surface area contributed by atoms with Gasteiger partial charge in [0, 0.05) is 19.6 Å². The van der Waals surface area contributed by atoms with Crippen LogP contribution in [-0.2, 0) is 4.74 Å². The van der Waals surface area contributed by atoms with Gasteiger partial charge in [0.05, 0.1) is 0 Å². The van der Waals surface area contributed by atoms with Crippen LogP contribution in [0.4, 0.5) is 4.79 Å². The normalized spacial score (nSPS) is 14.6. The Labute approximate surface area is 131 Å². The number of carbonyl (C=O) groups excluding carboxylic acids is 1. The molecule has 0 aromatic rings. The predicted octanol–water partition coefficient (Wildman–Crippen LogP) is 4.05. The van der Waals surface area contributed by atoms with Crippen molar-refractivity contribution in [1.82, 2.24) is 10.2 Å². The van der Waals surface area contributed by atoms with E-state index in [0.717, 1.165) is 31.8 Å². The van der Waals surface area contributed by atoms with Crippen molar-refractivity contribution in [2.24, 2.45) is 5.92 Å². The molecule has 0 aliphatic heterocycles. The number of amides is 1. The summed E-state index contributed by atoms with van der Waals surface area (Å²) in [6, 6.07) is 0.590. The largest absolute Gasteiger partial charge is 0.444 e. The minimum Gasteiger partial charge on any atom is -0.444 e. The zero-order valence-electron chi connectivity index (χ0n) is 15.2. The van der Waals surface area contributed by atoms with Crippen molar-refractivity contribution in [3.8, 4) is 0 Å². The van der Waals surface area contributed by atoms with Crippen LogP contribution in [0.25, 0.3) is 0 Å². The molecule has 0 radical (unpaired) electrons. The summed E-state index contributed by atoms with van der Waals surface area (Å²) in [5, 5.41) is 3.60. The molecule has 0 bridgehead atoms.